The summed E-state index contributed by atoms with van der Waals surface area (Å²) in [6.07, 6.45) is 6.27. The molecule has 0 aromatic carbocycles. The van der Waals surface area contributed by atoms with Crippen LogP contribution in [0.2, 0.25) is 5.15 Å². The molecule has 2 aliphatic carbocycles. The number of halogens is 3. The third-order valence-electron chi connectivity index (χ3n) is 4.82. The molecule has 136 valence electrons. The molecule has 2 aliphatic rings. The molecule has 8 heteroatoms. The molecule has 2 aromatic rings. The highest BCUT2D eigenvalue weighted by atomic mass is 35.5. The fourth-order valence-corrected chi connectivity index (χ4v) is 3.48. The van der Waals surface area contributed by atoms with Crippen LogP contribution >= 0.6 is 11.6 Å². The molecular formula is C18H17ClF2N4O. The summed E-state index contributed by atoms with van der Waals surface area (Å²) in [5.41, 5.74) is 2.01. The van der Waals surface area contributed by atoms with Gasteiger partial charge in [0.05, 0.1) is 5.70 Å². The monoisotopic (exact) mass is 378 g/mol. The van der Waals surface area contributed by atoms with Gasteiger partial charge in [-0.15, -0.1) is 0 Å². The van der Waals surface area contributed by atoms with Crippen molar-refractivity contribution in [1.29, 1.82) is 0 Å². The quantitative estimate of drug-likeness (QED) is 0.788. The van der Waals surface area contributed by atoms with Gasteiger partial charge in [-0.1, -0.05) is 17.7 Å². The Kier molecular flexibility index (Phi) is 4.26. The third-order valence-corrected chi connectivity index (χ3v) is 5.04. The molecule has 2 aromatic heterocycles. The number of hydrogen-bond donors (Lipinski definition) is 1. The normalized spacial score (nSPS) is 19.3. The van der Waals surface area contributed by atoms with Gasteiger partial charge in [0.1, 0.15) is 10.7 Å². The lowest BCUT2D eigenvalue weighted by Crippen LogP contribution is -2.27. The number of anilines is 1. The number of pyridine rings is 1. The molecule has 0 unspecified atom stereocenters. The molecule has 1 N–H and O–H groups in total. The third kappa shape index (κ3) is 3.35. The van der Waals surface area contributed by atoms with E-state index in [9.17, 15) is 13.6 Å². The Balaban J connectivity index is 1.52. The fourth-order valence-electron chi connectivity index (χ4n) is 3.34. The van der Waals surface area contributed by atoms with Crippen LogP contribution in [0.4, 0.5) is 14.7 Å². The molecule has 1 amide bonds. The van der Waals surface area contributed by atoms with Crippen molar-refractivity contribution in [2.45, 2.75) is 38.0 Å². The number of carbonyl (C=O) groups excluding carboxylic acids is 1. The zero-order valence-electron chi connectivity index (χ0n) is 13.9. The van der Waals surface area contributed by atoms with Gasteiger partial charge in [0, 0.05) is 19.3 Å². The Morgan fingerprint density at radius 2 is 2.04 bits per heavy atom. The van der Waals surface area contributed by atoms with Crippen LogP contribution in [0, 0.1) is 5.92 Å². The van der Waals surface area contributed by atoms with Crippen LogP contribution in [0.1, 0.15) is 32.1 Å². The number of imidazole rings is 1. The number of fused-ring (bicyclic) bond motifs is 1. The molecule has 26 heavy (non-hydrogen) atoms. The summed E-state index contributed by atoms with van der Waals surface area (Å²) >= 11 is 5.99. The molecule has 1 saturated carbocycles. The van der Waals surface area contributed by atoms with E-state index in [1.165, 1.54) is 0 Å². The molecule has 0 saturated heterocycles. The second-order valence-electron chi connectivity index (χ2n) is 6.75. The first kappa shape index (κ1) is 17.1. The predicted octanol–water partition coefficient (Wildman–Crippen LogP) is 4.65. The maximum absolute atomic E-state index is 13.3. The van der Waals surface area contributed by atoms with Crippen LogP contribution in [0.15, 0.2) is 30.4 Å². The van der Waals surface area contributed by atoms with E-state index in [-0.39, 0.29) is 31.1 Å². The number of aromatic nitrogens is 3. The number of rotatable bonds is 4. The second kappa shape index (κ2) is 6.46. The van der Waals surface area contributed by atoms with Crippen LogP contribution < -0.4 is 5.32 Å². The van der Waals surface area contributed by atoms with Crippen LogP contribution in [-0.4, -0.2) is 26.4 Å². The van der Waals surface area contributed by atoms with Crippen molar-refractivity contribution in [2.75, 3.05) is 5.32 Å². The molecule has 0 aliphatic heterocycles. The zero-order valence-corrected chi connectivity index (χ0v) is 14.6. The molecule has 0 atom stereocenters. The lowest BCUT2D eigenvalue weighted by molar-refractivity contribution is -0.118. The molecule has 0 bridgehead atoms. The first-order valence-electron chi connectivity index (χ1n) is 8.53. The van der Waals surface area contributed by atoms with Crippen LogP contribution in [0.25, 0.3) is 16.9 Å². The van der Waals surface area contributed by atoms with Gasteiger partial charge in [0.15, 0.2) is 5.65 Å². The number of hydrogen-bond acceptors (Lipinski definition) is 3. The molecule has 2 heterocycles. The predicted molar refractivity (Wildman–Crippen MR) is 96.1 cm³/mol. The Morgan fingerprint density at radius 1 is 1.31 bits per heavy atom. The van der Waals surface area contributed by atoms with Crippen LogP contribution in [0.3, 0.4) is 0 Å². The minimum Gasteiger partial charge on any atom is -0.296 e. The molecule has 5 nitrogen and oxygen atoms in total. The van der Waals surface area contributed by atoms with Crippen molar-refractivity contribution in [1.82, 2.24) is 14.5 Å². The standard InChI is InChI=1S/C18H17ClF2N4O/c19-14-5-4-13-16(23-14)25(12-2-1-3-12)17(22-13)24-15(26)10-11-6-8-18(20,21)9-7-11/h1-5,11H,6-10H2,(H,22,24,26). The number of nitrogens with one attached hydrogen (secondary N) is 1. The molecule has 4 rings (SSSR count). The zero-order chi connectivity index (χ0) is 18.3. The minimum atomic E-state index is -2.59. The van der Waals surface area contributed by atoms with Crippen molar-refractivity contribution in [3.8, 4) is 0 Å². The fraction of sp³-hybridized carbons (Fsp3) is 0.389. The lowest BCUT2D eigenvalue weighted by Gasteiger charge is -2.27. The first-order valence-corrected chi connectivity index (χ1v) is 8.90. The van der Waals surface area contributed by atoms with Gasteiger partial charge < -0.3 is 0 Å². The van der Waals surface area contributed by atoms with E-state index in [1.807, 2.05) is 18.2 Å². The Morgan fingerprint density at radius 3 is 2.69 bits per heavy atom. The van der Waals surface area contributed by atoms with E-state index < -0.39 is 5.92 Å². The average Bonchev–Trinajstić information content (AvgIpc) is 2.85. The van der Waals surface area contributed by atoms with Crippen molar-refractivity contribution in [2.24, 2.45) is 5.92 Å². The summed E-state index contributed by atoms with van der Waals surface area (Å²) in [7, 11) is 0. The van der Waals surface area contributed by atoms with E-state index in [2.05, 4.69) is 15.3 Å². The van der Waals surface area contributed by atoms with Crippen molar-refractivity contribution in [3.63, 3.8) is 0 Å². The second-order valence-corrected chi connectivity index (χ2v) is 7.14. The number of allylic oxidation sites excluding steroid dienone is 4. The topological polar surface area (TPSA) is 59.8 Å². The molecule has 1 fully saturated rings. The summed E-state index contributed by atoms with van der Waals surface area (Å²) in [6, 6.07) is 3.38. The van der Waals surface area contributed by atoms with Crippen molar-refractivity contribution < 1.29 is 13.6 Å². The Bertz CT molecular complexity index is 925. The number of alkyl halides is 2. The van der Waals surface area contributed by atoms with Gasteiger partial charge in [0.2, 0.25) is 17.8 Å². The summed E-state index contributed by atoms with van der Waals surface area (Å²) in [6.45, 7) is 0. The summed E-state index contributed by atoms with van der Waals surface area (Å²) in [5, 5.41) is 3.14. The highest BCUT2D eigenvalue weighted by Gasteiger charge is 2.35. The molecular weight excluding hydrogens is 362 g/mol. The number of nitrogens with zero attached hydrogens (tertiary/aromatic N) is 3. The van der Waals surface area contributed by atoms with Gasteiger partial charge in [-0.3, -0.25) is 14.7 Å². The number of amides is 1. The van der Waals surface area contributed by atoms with E-state index >= 15 is 0 Å². The van der Waals surface area contributed by atoms with Crippen LogP contribution in [-0.2, 0) is 4.79 Å². The largest absolute Gasteiger partial charge is 0.296 e. The maximum Gasteiger partial charge on any atom is 0.248 e. The van der Waals surface area contributed by atoms with E-state index in [0.717, 1.165) is 5.70 Å². The molecule has 0 radical (unpaired) electrons. The average molecular weight is 379 g/mol. The van der Waals surface area contributed by atoms with Gasteiger partial charge in [-0.05, 0) is 43.0 Å². The summed E-state index contributed by atoms with van der Waals surface area (Å²) < 4.78 is 28.2. The van der Waals surface area contributed by atoms with Crippen LogP contribution in [0.5, 0.6) is 0 Å². The van der Waals surface area contributed by atoms with Crippen molar-refractivity contribution >= 4 is 40.3 Å². The Labute approximate surface area is 153 Å². The first-order chi connectivity index (χ1) is 12.4. The van der Waals surface area contributed by atoms with Crippen molar-refractivity contribution in [3.05, 3.63) is 35.5 Å². The Hall–Kier alpha value is -2.28. The van der Waals surface area contributed by atoms with Gasteiger partial charge in [-0.25, -0.2) is 18.7 Å². The van der Waals surface area contributed by atoms with E-state index in [0.29, 0.717) is 35.1 Å². The SMILES string of the molecule is O=C(CC1CCC(F)(F)CC1)Nc1nc2ccc(Cl)nc2n1C1=CC=C1. The molecule has 0 spiro atoms. The summed E-state index contributed by atoms with van der Waals surface area (Å²) in [4.78, 5) is 21.2. The van der Waals surface area contributed by atoms with Gasteiger partial charge >= 0.3 is 0 Å². The van der Waals surface area contributed by atoms with E-state index in [1.54, 1.807) is 16.7 Å². The lowest BCUT2D eigenvalue weighted by atomic mass is 9.84. The minimum absolute atomic E-state index is 0.0252. The maximum atomic E-state index is 13.3. The highest BCUT2D eigenvalue weighted by Crippen LogP contribution is 2.37. The van der Waals surface area contributed by atoms with Gasteiger partial charge in [0.25, 0.3) is 0 Å². The van der Waals surface area contributed by atoms with E-state index in [4.69, 9.17) is 11.6 Å². The smallest absolute Gasteiger partial charge is 0.248 e. The summed E-state index contributed by atoms with van der Waals surface area (Å²) in [5.74, 6) is -2.49. The van der Waals surface area contributed by atoms with Gasteiger partial charge in [-0.2, -0.15) is 0 Å². The number of carbonyl (C=O) groups is 1. The highest BCUT2D eigenvalue weighted by molar-refractivity contribution is 6.29.